The molecule has 1 fully saturated rings. The van der Waals surface area contributed by atoms with Crippen molar-refractivity contribution in [1.82, 2.24) is 0 Å². The highest BCUT2D eigenvalue weighted by Gasteiger charge is 2.52. The molecule has 0 bridgehead atoms. The summed E-state index contributed by atoms with van der Waals surface area (Å²) >= 11 is 0. The van der Waals surface area contributed by atoms with Gasteiger partial charge in [0.05, 0.1) is 23.7 Å². The van der Waals surface area contributed by atoms with Crippen LogP contribution in [0, 0.1) is 0 Å². The normalized spacial score (nSPS) is 24.3. The maximum Gasteiger partial charge on any atom is 0.205 e. The van der Waals surface area contributed by atoms with Crippen LogP contribution in [0.15, 0.2) is 35.2 Å². The van der Waals surface area contributed by atoms with Gasteiger partial charge in [0.1, 0.15) is 6.10 Å². The van der Waals surface area contributed by atoms with Gasteiger partial charge in [-0.1, -0.05) is 80.5 Å². The molecule has 1 aromatic rings. The van der Waals surface area contributed by atoms with Crippen LogP contribution in [0.25, 0.3) is 0 Å². The summed E-state index contributed by atoms with van der Waals surface area (Å²) in [6, 6.07) is 8.61. The fraction of sp³-hybridized carbons (Fsp3) is 0.800. The second-order valence-electron chi connectivity index (χ2n) is 16.0. The summed E-state index contributed by atoms with van der Waals surface area (Å²) in [5, 5.41) is -0.0793. The highest BCUT2D eigenvalue weighted by atomic mass is 32.2. The molecule has 1 unspecified atom stereocenters. The average Bonchev–Trinajstić information content (AvgIpc) is 2.77. The van der Waals surface area contributed by atoms with Gasteiger partial charge >= 0.3 is 0 Å². The molecule has 1 heterocycles. The zero-order valence-electron chi connectivity index (χ0n) is 28.0. The van der Waals surface area contributed by atoms with Gasteiger partial charge in [-0.15, -0.1) is 0 Å². The van der Waals surface area contributed by atoms with Gasteiger partial charge in [0, 0.05) is 6.42 Å². The fourth-order valence-electron chi connectivity index (χ4n) is 3.83. The molecule has 1 aliphatic rings. The first-order valence-electron chi connectivity index (χ1n) is 14.7. The van der Waals surface area contributed by atoms with E-state index in [2.05, 4.69) is 102 Å². The summed E-state index contributed by atoms with van der Waals surface area (Å²) in [5.74, 6) is 0. The van der Waals surface area contributed by atoms with E-state index >= 15 is 0 Å². The Morgan fingerprint density at radius 2 is 1.20 bits per heavy atom. The Bertz CT molecular complexity index is 1080. The van der Waals surface area contributed by atoms with E-state index in [1.165, 1.54) is 0 Å². The van der Waals surface area contributed by atoms with Gasteiger partial charge in [0.2, 0.25) is 9.84 Å². The van der Waals surface area contributed by atoms with Crippen LogP contribution in [-0.2, 0) is 27.9 Å². The Kier molecular flexibility index (Phi) is 10.7. The molecular formula is C30H58O6SSi3. The Balaban J connectivity index is 2.64. The standard InChI is InChI=1S/C30H58O6SSi3/c1-28(2,3)38(10,11)33-22-25-27(36-40(14,15)30(7,8)9)24(35-39(12,13)29(4,5)6)21-26(34-25)37(31,32)23-19-17-16-18-20-23/h16-20,24-27H,21-22H2,1-15H3/t24-,25-,26?,27+/m1/s1. The first-order valence-corrected chi connectivity index (χ1v) is 24.9. The molecule has 40 heavy (non-hydrogen) atoms. The number of hydrogen-bond acceptors (Lipinski definition) is 6. The van der Waals surface area contributed by atoms with Crippen molar-refractivity contribution in [2.75, 3.05) is 6.61 Å². The summed E-state index contributed by atoms with van der Waals surface area (Å²) in [6.07, 6.45) is -1.21. The fourth-order valence-corrected chi connectivity index (χ4v) is 9.10. The van der Waals surface area contributed by atoms with Crippen LogP contribution in [-0.4, -0.2) is 63.7 Å². The van der Waals surface area contributed by atoms with E-state index in [0.717, 1.165) is 0 Å². The van der Waals surface area contributed by atoms with Crippen LogP contribution in [0.5, 0.6) is 0 Å². The Labute approximate surface area is 249 Å². The van der Waals surface area contributed by atoms with Crippen LogP contribution in [0.2, 0.25) is 54.4 Å². The zero-order chi connectivity index (χ0) is 31.2. The summed E-state index contributed by atoms with van der Waals surface area (Å²) in [5.41, 5.74) is -1.04. The minimum atomic E-state index is -3.77. The van der Waals surface area contributed by atoms with E-state index < -0.39 is 58.5 Å². The number of sulfone groups is 1. The highest BCUT2D eigenvalue weighted by molar-refractivity contribution is 7.92. The monoisotopic (exact) mass is 630 g/mol. The van der Waals surface area contributed by atoms with Crippen molar-refractivity contribution < 1.29 is 26.4 Å². The summed E-state index contributed by atoms with van der Waals surface area (Å²) in [4.78, 5) is 0.263. The Morgan fingerprint density at radius 3 is 1.65 bits per heavy atom. The van der Waals surface area contributed by atoms with Crippen molar-refractivity contribution >= 4 is 34.8 Å². The lowest BCUT2D eigenvalue weighted by atomic mass is 10.0. The Morgan fingerprint density at radius 1 is 0.750 bits per heavy atom. The number of rotatable bonds is 9. The van der Waals surface area contributed by atoms with Gasteiger partial charge in [-0.05, 0) is 66.5 Å². The first-order chi connectivity index (χ1) is 17.7. The van der Waals surface area contributed by atoms with Gasteiger partial charge in [0.25, 0.3) is 0 Å². The third kappa shape index (κ3) is 8.18. The third-order valence-corrected chi connectivity index (χ3v) is 25.2. The summed E-state index contributed by atoms with van der Waals surface area (Å²) < 4.78 is 55.2. The van der Waals surface area contributed by atoms with E-state index in [1.807, 2.05) is 6.07 Å². The molecule has 10 heteroatoms. The van der Waals surface area contributed by atoms with Gasteiger partial charge in [-0.2, -0.15) is 0 Å². The van der Waals surface area contributed by atoms with Crippen LogP contribution < -0.4 is 0 Å². The predicted molar refractivity (Wildman–Crippen MR) is 174 cm³/mol. The van der Waals surface area contributed by atoms with Gasteiger partial charge in [-0.3, -0.25) is 0 Å². The molecule has 1 aromatic carbocycles. The second-order valence-corrected chi connectivity index (χ2v) is 32.4. The lowest BCUT2D eigenvalue weighted by molar-refractivity contribution is -0.147. The van der Waals surface area contributed by atoms with E-state index in [9.17, 15) is 8.42 Å². The summed E-state index contributed by atoms with van der Waals surface area (Å²) in [6.45, 7) is 33.5. The quantitative estimate of drug-likeness (QED) is 0.255. The lowest BCUT2D eigenvalue weighted by Gasteiger charge is -2.50. The van der Waals surface area contributed by atoms with Gasteiger partial charge in [-0.25, -0.2) is 8.42 Å². The van der Waals surface area contributed by atoms with Crippen molar-refractivity contribution in [2.45, 2.75) is 152 Å². The van der Waals surface area contributed by atoms with Crippen molar-refractivity contribution in [3.63, 3.8) is 0 Å². The molecular weight excluding hydrogens is 573 g/mol. The molecule has 6 nitrogen and oxygen atoms in total. The zero-order valence-corrected chi connectivity index (χ0v) is 31.8. The third-order valence-electron chi connectivity index (χ3n) is 9.81. The molecule has 0 radical (unpaired) electrons. The molecule has 232 valence electrons. The van der Waals surface area contributed by atoms with Crippen molar-refractivity contribution in [3.05, 3.63) is 30.3 Å². The largest absolute Gasteiger partial charge is 0.414 e. The number of hydrogen-bond donors (Lipinski definition) is 0. The first kappa shape index (κ1) is 35.9. The number of benzene rings is 1. The molecule has 0 spiro atoms. The predicted octanol–water partition coefficient (Wildman–Crippen LogP) is 8.38. The smallest absolute Gasteiger partial charge is 0.205 e. The molecule has 0 aliphatic carbocycles. The molecule has 0 N–H and O–H groups in total. The molecule has 1 aliphatic heterocycles. The minimum absolute atomic E-state index is 0.00398. The topological polar surface area (TPSA) is 71.1 Å². The minimum Gasteiger partial charge on any atom is -0.414 e. The molecule has 0 aromatic heterocycles. The molecule has 0 amide bonds. The van der Waals surface area contributed by atoms with Crippen LogP contribution >= 0.6 is 0 Å². The summed E-state index contributed by atoms with van der Waals surface area (Å²) in [7, 11) is -10.5. The maximum atomic E-state index is 13.9. The van der Waals surface area contributed by atoms with Crippen LogP contribution in [0.3, 0.4) is 0 Å². The van der Waals surface area contributed by atoms with Gasteiger partial charge < -0.3 is 18.0 Å². The van der Waals surface area contributed by atoms with Gasteiger partial charge in [0.15, 0.2) is 30.4 Å². The molecule has 4 atom stereocenters. The lowest BCUT2D eigenvalue weighted by Crippen LogP contribution is -2.61. The van der Waals surface area contributed by atoms with Crippen molar-refractivity contribution in [3.8, 4) is 0 Å². The van der Waals surface area contributed by atoms with Crippen LogP contribution in [0.4, 0.5) is 0 Å². The second kappa shape index (κ2) is 12.0. The Hall–Kier alpha value is -0.339. The van der Waals surface area contributed by atoms with E-state index in [4.69, 9.17) is 18.0 Å². The maximum absolute atomic E-state index is 13.9. The van der Waals surface area contributed by atoms with E-state index in [-0.39, 0.29) is 33.0 Å². The van der Waals surface area contributed by atoms with Crippen LogP contribution in [0.1, 0.15) is 68.7 Å². The van der Waals surface area contributed by atoms with Crippen molar-refractivity contribution in [2.24, 2.45) is 0 Å². The molecule has 1 saturated heterocycles. The number of ether oxygens (including phenoxy) is 1. The SMILES string of the molecule is CC(C)(C)[Si](C)(C)OC[C@H]1OC(S(=O)(=O)c2ccccc2)C[C@@H](O[Si](C)(C)C(C)(C)C)[C@@H]1O[Si](C)(C)C(C)(C)C. The average molecular weight is 631 g/mol. The molecule has 2 rings (SSSR count). The van der Waals surface area contributed by atoms with E-state index in [0.29, 0.717) is 0 Å². The highest BCUT2D eigenvalue weighted by Crippen LogP contribution is 2.44. The van der Waals surface area contributed by atoms with E-state index in [1.54, 1.807) is 24.3 Å². The van der Waals surface area contributed by atoms with Crippen molar-refractivity contribution in [1.29, 1.82) is 0 Å². The molecule has 0 saturated carbocycles.